The molecule has 32 heavy (non-hydrogen) atoms. The van der Waals surface area contributed by atoms with Gasteiger partial charge in [0.2, 0.25) is 5.91 Å². The van der Waals surface area contributed by atoms with E-state index in [2.05, 4.69) is 15.8 Å². The number of ether oxygens (including phenoxy) is 1. The maximum atomic E-state index is 12.2. The van der Waals surface area contributed by atoms with Crippen LogP contribution in [0.3, 0.4) is 0 Å². The average molecular weight is 442 g/mol. The molecule has 0 aliphatic carbocycles. The number of nitrogens with one attached hydrogen (secondary N) is 2. The first-order valence-corrected chi connectivity index (χ1v) is 9.22. The summed E-state index contributed by atoms with van der Waals surface area (Å²) in [6, 6.07) is 8.67. The monoisotopic (exact) mass is 442 g/mol. The van der Waals surface area contributed by atoms with Crippen molar-refractivity contribution < 1.29 is 34.0 Å². The number of phenols is 2. The summed E-state index contributed by atoms with van der Waals surface area (Å²) in [5.41, 5.74) is -0.219. The number of benzene rings is 2. The van der Waals surface area contributed by atoms with Crippen LogP contribution in [0, 0.1) is 10.1 Å². The number of nitrogens with zero attached hydrogens (tertiary/aromatic N) is 2. The van der Waals surface area contributed by atoms with Gasteiger partial charge in [-0.15, -0.1) is 0 Å². The number of aromatic nitrogens is 1. The number of nitro groups is 1. The molecular formula is C20H18N4O8. The molecular weight excluding hydrogens is 424 g/mol. The summed E-state index contributed by atoms with van der Waals surface area (Å²) in [6.45, 7) is 1.75. The topological polar surface area (TPSA) is 177 Å². The van der Waals surface area contributed by atoms with Gasteiger partial charge in [0, 0.05) is 50.3 Å². The van der Waals surface area contributed by atoms with E-state index in [4.69, 9.17) is 9.26 Å². The highest BCUT2D eigenvalue weighted by Crippen LogP contribution is 2.43. The van der Waals surface area contributed by atoms with Crippen molar-refractivity contribution in [3.63, 3.8) is 0 Å². The van der Waals surface area contributed by atoms with Crippen molar-refractivity contribution in [2.45, 2.75) is 6.92 Å². The number of nitro benzene ring substituents is 1. The van der Waals surface area contributed by atoms with E-state index in [0.717, 1.165) is 6.07 Å². The fourth-order valence-electron chi connectivity index (χ4n) is 2.68. The van der Waals surface area contributed by atoms with Crippen molar-refractivity contribution in [3.05, 3.63) is 58.3 Å². The maximum Gasteiger partial charge on any atom is 0.273 e. The molecule has 0 aliphatic rings. The van der Waals surface area contributed by atoms with Crippen LogP contribution in [0.5, 0.6) is 23.0 Å². The number of phenolic OH excluding ortho intramolecular Hbond substituents is 2. The van der Waals surface area contributed by atoms with E-state index in [0.29, 0.717) is 0 Å². The van der Waals surface area contributed by atoms with Crippen molar-refractivity contribution in [1.82, 2.24) is 15.8 Å². The van der Waals surface area contributed by atoms with Crippen LogP contribution in [0.4, 0.5) is 5.69 Å². The van der Waals surface area contributed by atoms with Gasteiger partial charge in [0.1, 0.15) is 28.6 Å². The Labute approximate surface area is 180 Å². The molecule has 2 amide bonds. The number of hydrogen-bond acceptors (Lipinski definition) is 9. The summed E-state index contributed by atoms with van der Waals surface area (Å²) in [7, 11) is 0. The Kier molecular flexibility index (Phi) is 6.53. The minimum atomic E-state index is -0.568. The third-order valence-corrected chi connectivity index (χ3v) is 4.12. The number of carbonyl (C=O) groups excluding carboxylic acids is 2. The summed E-state index contributed by atoms with van der Waals surface area (Å²) in [4.78, 5) is 33.3. The van der Waals surface area contributed by atoms with Crippen molar-refractivity contribution in [1.29, 1.82) is 0 Å². The quantitative estimate of drug-likeness (QED) is 0.231. The molecule has 12 heteroatoms. The molecule has 0 bridgehead atoms. The van der Waals surface area contributed by atoms with E-state index in [1.54, 1.807) is 0 Å². The molecule has 166 valence electrons. The lowest BCUT2D eigenvalue weighted by molar-refractivity contribution is -0.384. The zero-order chi connectivity index (χ0) is 23.3. The van der Waals surface area contributed by atoms with Crippen molar-refractivity contribution in [2.24, 2.45) is 0 Å². The van der Waals surface area contributed by atoms with Gasteiger partial charge < -0.3 is 30.1 Å². The van der Waals surface area contributed by atoms with Crippen LogP contribution in [0.15, 0.2) is 47.0 Å². The molecule has 3 rings (SSSR count). The molecule has 0 saturated carbocycles. The van der Waals surface area contributed by atoms with Crippen LogP contribution in [0.2, 0.25) is 0 Å². The van der Waals surface area contributed by atoms with Gasteiger partial charge in [-0.05, 0) is 12.1 Å². The maximum absolute atomic E-state index is 12.2. The van der Waals surface area contributed by atoms with Crippen molar-refractivity contribution >= 4 is 17.5 Å². The minimum Gasteiger partial charge on any atom is -0.508 e. The van der Waals surface area contributed by atoms with E-state index in [1.807, 2.05) is 0 Å². The largest absolute Gasteiger partial charge is 0.508 e. The molecule has 12 nitrogen and oxygen atoms in total. The van der Waals surface area contributed by atoms with Crippen molar-refractivity contribution in [3.8, 4) is 34.3 Å². The highest BCUT2D eigenvalue weighted by atomic mass is 16.6. The van der Waals surface area contributed by atoms with Gasteiger partial charge in [-0.3, -0.25) is 19.7 Å². The predicted molar refractivity (Wildman–Crippen MR) is 109 cm³/mol. The van der Waals surface area contributed by atoms with Gasteiger partial charge in [0.25, 0.3) is 11.6 Å². The molecule has 0 radical (unpaired) electrons. The van der Waals surface area contributed by atoms with Gasteiger partial charge in [-0.1, -0.05) is 5.16 Å². The lowest BCUT2D eigenvalue weighted by Crippen LogP contribution is -2.33. The summed E-state index contributed by atoms with van der Waals surface area (Å²) in [5.74, 6) is -1.38. The van der Waals surface area contributed by atoms with Gasteiger partial charge in [0.15, 0.2) is 11.5 Å². The SMILES string of the molecule is CC(=O)NCCNC(=O)c1cc(-c2c(O)cc(O)cc2Oc2ccc([N+](=O)[O-])cc2)on1. The summed E-state index contributed by atoms with van der Waals surface area (Å²) in [6.07, 6.45) is 0. The Morgan fingerprint density at radius 3 is 2.47 bits per heavy atom. The Morgan fingerprint density at radius 1 is 1.12 bits per heavy atom. The van der Waals surface area contributed by atoms with Crippen LogP contribution in [0.25, 0.3) is 11.3 Å². The fraction of sp³-hybridized carbons (Fsp3) is 0.150. The molecule has 4 N–H and O–H groups in total. The van der Waals surface area contributed by atoms with E-state index < -0.39 is 16.6 Å². The number of carbonyl (C=O) groups is 2. The number of amides is 2. The predicted octanol–water partition coefficient (Wildman–Crippen LogP) is 2.32. The number of hydrogen-bond donors (Lipinski definition) is 4. The summed E-state index contributed by atoms with van der Waals surface area (Å²) < 4.78 is 10.8. The van der Waals surface area contributed by atoms with Gasteiger partial charge in [-0.2, -0.15) is 0 Å². The molecule has 0 aliphatic heterocycles. The van der Waals surface area contributed by atoms with Crippen LogP contribution >= 0.6 is 0 Å². The van der Waals surface area contributed by atoms with E-state index >= 15 is 0 Å². The van der Waals surface area contributed by atoms with Crippen LogP contribution in [-0.4, -0.2) is 45.2 Å². The van der Waals surface area contributed by atoms with E-state index in [9.17, 15) is 29.9 Å². The first-order valence-electron chi connectivity index (χ1n) is 9.22. The fourth-order valence-corrected chi connectivity index (χ4v) is 2.68. The van der Waals surface area contributed by atoms with E-state index in [1.165, 1.54) is 43.3 Å². The minimum absolute atomic E-state index is 0.00551. The zero-order valence-corrected chi connectivity index (χ0v) is 16.7. The van der Waals surface area contributed by atoms with Crippen molar-refractivity contribution in [2.75, 3.05) is 13.1 Å². The number of rotatable bonds is 8. The molecule has 0 spiro atoms. The second kappa shape index (κ2) is 9.47. The Bertz CT molecular complexity index is 1160. The molecule has 0 saturated heterocycles. The molecule has 1 heterocycles. The Balaban J connectivity index is 1.83. The number of non-ortho nitro benzene ring substituents is 1. The van der Waals surface area contributed by atoms with E-state index in [-0.39, 0.29) is 59.0 Å². The third kappa shape index (κ3) is 5.30. The van der Waals surface area contributed by atoms with Gasteiger partial charge in [-0.25, -0.2) is 0 Å². The van der Waals surface area contributed by atoms with Crippen LogP contribution in [0.1, 0.15) is 17.4 Å². The normalized spacial score (nSPS) is 10.4. The Morgan fingerprint density at radius 2 is 1.81 bits per heavy atom. The smallest absolute Gasteiger partial charge is 0.273 e. The summed E-state index contributed by atoms with van der Waals surface area (Å²) in [5, 5.41) is 39.7. The molecule has 0 fully saturated rings. The van der Waals surface area contributed by atoms with Crippen LogP contribution in [-0.2, 0) is 4.79 Å². The van der Waals surface area contributed by atoms with Crippen LogP contribution < -0.4 is 15.4 Å². The second-order valence-corrected chi connectivity index (χ2v) is 6.51. The molecule has 1 aromatic heterocycles. The Hall–Kier alpha value is -4.61. The molecule has 3 aromatic rings. The highest BCUT2D eigenvalue weighted by Gasteiger charge is 2.21. The lowest BCUT2D eigenvalue weighted by atomic mass is 10.1. The molecule has 2 aromatic carbocycles. The highest BCUT2D eigenvalue weighted by molar-refractivity contribution is 5.93. The first-order chi connectivity index (χ1) is 15.2. The lowest BCUT2D eigenvalue weighted by Gasteiger charge is -2.11. The molecule has 0 unspecified atom stereocenters. The zero-order valence-electron chi connectivity index (χ0n) is 16.7. The number of aromatic hydroxyl groups is 2. The summed E-state index contributed by atoms with van der Waals surface area (Å²) >= 11 is 0. The molecule has 0 atom stereocenters. The third-order valence-electron chi connectivity index (χ3n) is 4.12. The average Bonchev–Trinajstić information content (AvgIpc) is 3.20. The van der Waals surface area contributed by atoms with Gasteiger partial charge in [0.05, 0.1) is 4.92 Å². The van der Waals surface area contributed by atoms with Gasteiger partial charge >= 0.3 is 0 Å². The standard InChI is InChI=1S/C20H18N4O8/c1-11(25)21-6-7-22-20(28)15-10-18(32-23-15)19-16(27)8-13(26)9-17(19)31-14-4-2-12(3-5-14)24(29)30/h2-5,8-10,26-27H,6-7H2,1H3,(H,21,25)(H,22,28). The first kappa shape index (κ1) is 22.1. The second-order valence-electron chi connectivity index (χ2n) is 6.51.